The summed E-state index contributed by atoms with van der Waals surface area (Å²) >= 11 is 1.63. The number of hydrogen-bond acceptors (Lipinski definition) is 5. The van der Waals surface area contributed by atoms with E-state index < -0.39 is 0 Å². The van der Waals surface area contributed by atoms with Gasteiger partial charge in [-0.2, -0.15) is 0 Å². The predicted octanol–water partition coefficient (Wildman–Crippen LogP) is 8.73. The first-order valence-corrected chi connectivity index (χ1v) is 13.8. The average molecular weight is 563 g/mol. The van der Waals surface area contributed by atoms with Crippen molar-refractivity contribution in [3.8, 4) is 50.2 Å². The molecular weight excluding hydrogens is 535 g/mol. The van der Waals surface area contributed by atoms with Crippen LogP contribution in [0.15, 0.2) is 97.1 Å². The Kier molecular flexibility index (Phi) is 7.27. The van der Waals surface area contributed by atoms with Crippen LogP contribution in [0.25, 0.3) is 50.1 Å². The van der Waals surface area contributed by atoms with Crippen LogP contribution < -0.4 is 14.2 Å². The zero-order chi connectivity index (χ0) is 28.3. The van der Waals surface area contributed by atoms with Crippen molar-refractivity contribution in [2.24, 2.45) is 0 Å². The molecule has 0 atom stereocenters. The molecule has 5 nitrogen and oxygen atoms in total. The third-order valence-corrected chi connectivity index (χ3v) is 7.93. The van der Waals surface area contributed by atoms with Crippen LogP contribution in [0.3, 0.4) is 0 Å². The summed E-state index contributed by atoms with van der Waals surface area (Å²) in [4.78, 5) is 7.05. The van der Waals surface area contributed by atoms with Gasteiger partial charge in [-0.25, -0.2) is 9.37 Å². The van der Waals surface area contributed by atoms with Crippen LogP contribution in [0.1, 0.15) is 11.3 Å². The Bertz CT molecular complexity index is 1820. The first-order chi connectivity index (χ1) is 20.1. The zero-order valence-electron chi connectivity index (χ0n) is 22.8. The quantitative estimate of drug-likeness (QED) is 0.186. The third-order valence-electron chi connectivity index (χ3n) is 6.84. The summed E-state index contributed by atoms with van der Waals surface area (Å²) in [5.41, 5.74) is 6.55. The molecule has 204 valence electrons. The number of ether oxygens (including phenoxy) is 3. The number of rotatable bonds is 8. The van der Waals surface area contributed by atoms with Crippen LogP contribution in [0.5, 0.6) is 17.2 Å². The molecule has 0 unspecified atom stereocenters. The van der Waals surface area contributed by atoms with Crippen LogP contribution in [0.4, 0.5) is 4.39 Å². The first-order valence-electron chi connectivity index (χ1n) is 13.0. The minimum Gasteiger partial charge on any atom is -0.493 e. The lowest BCUT2D eigenvalue weighted by atomic mass is 10.1. The Morgan fingerprint density at radius 2 is 1.32 bits per heavy atom. The topological polar surface area (TPSA) is 45.0 Å². The fourth-order valence-corrected chi connectivity index (χ4v) is 6.09. The Balaban J connectivity index is 1.62. The summed E-state index contributed by atoms with van der Waals surface area (Å²) in [5.74, 6) is 1.37. The lowest BCUT2D eigenvalue weighted by Gasteiger charge is -2.13. The molecule has 6 rings (SSSR count). The number of hydrogen-bond donors (Lipinski definition) is 0. The van der Waals surface area contributed by atoms with Crippen LogP contribution in [0, 0.1) is 5.82 Å². The van der Waals surface area contributed by atoms with Gasteiger partial charge in [0.15, 0.2) is 16.5 Å². The number of nitrogens with zero attached hydrogens (tertiary/aromatic N) is 2. The summed E-state index contributed by atoms with van der Waals surface area (Å²) in [6, 6.07) is 30.9. The Hall–Kier alpha value is -4.88. The first kappa shape index (κ1) is 26.3. The SMILES string of the molecule is COc1cc(/C=C/c2c(-c3ccc(F)cc3)nc3sc(-c4ccccc4)c(-c4ccccc4)n23)cc(OC)c1OC. The van der Waals surface area contributed by atoms with E-state index in [1.165, 1.54) is 12.1 Å². The number of halogens is 1. The van der Waals surface area contributed by atoms with Crippen molar-refractivity contribution in [3.63, 3.8) is 0 Å². The maximum atomic E-state index is 13.9. The molecule has 0 bridgehead atoms. The number of fused-ring (bicyclic) bond motifs is 1. The molecule has 41 heavy (non-hydrogen) atoms. The number of methoxy groups -OCH3 is 3. The molecule has 0 fully saturated rings. The highest BCUT2D eigenvalue weighted by Crippen LogP contribution is 2.43. The summed E-state index contributed by atoms with van der Waals surface area (Å²) in [5, 5.41) is 0. The molecule has 0 amide bonds. The van der Waals surface area contributed by atoms with E-state index in [0.717, 1.165) is 49.2 Å². The number of benzene rings is 4. The van der Waals surface area contributed by atoms with E-state index in [2.05, 4.69) is 28.7 Å². The maximum Gasteiger partial charge on any atom is 0.203 e. The van der Waals surface area contributed by atoms with Gasteiger partial charge < -0.3 is 14.2 Å². The minimum absolute atomic E-state index is 0.291. The van der Waals surface area contributed by atoms with E-state index in [1.54, 1.807) is 44.8 Å². The molecule has 2 heterocycles. The van der Waals surface area contributed by atoms with Crippen molar-refractivity contribution in [3.05, 3.63) is 114 Å². The van der Waals surface area contributed by atoms with Crippen molar-refractivity contribution in [2.75, 3.05) is 21.3 Å². The van der Waals surface area contributed by atoms with Crippen molar-refractivity contribution < 1.29 is 18.6 Å². The summed E-state index contributed by atoms with van der Waals surface area (Å²) in [6.07, 6.45) is 4.03. The Labute approximate surface area is 241 Å². The van der Waals surface area contributed by atoms with Crippen LogP contribution >= 0.6 is 11.3 Å². The average Bonchev–Trinajstić information content (AvgIpc) is 3.57. The fourth-order valence-electron chi connectivity index (χ4n) is 4.93. The number of thiazole rings is 1. The van der Waals surface area contributed by atoms with Crippen molar-refractivity contribution in [2.45, 2.75) is 0 Å². The molecule has 0 saturated carbocycles. The van der Waals surface area contributed by atoms with Crippen LogP contribution in [-0.4, -0.2) is 30.7 Å². The van der Waals surface area contributed by atoms with Gasteiger partial charge in [-0.1, -0.05) is 78.1 Å². The van der Waals surface area contributed by atoms with Gasteiger partial charge in [0, 0.05) is 11.1 Å². The highest BCUT2D eigenvalue weighted by atomic mass is 32.1. The fraction of sp³-hybridized carbons (Fsp3) is 0.0882. The lowest BCUT2D eigenvalue weighted by molar-refractivity contribution is 0.324. The molecule has 0 saturated heterocycles. The molecule has 4 aromatic carbocycles. The van der Waals surface area contributed by atoms with Gasteiger partial charge in [-0.05, 0) is 53.6 Å². The maximum absolute atomic E-state index is 13.9. The second-order valence-corrected chi connectivity index (χ2v) is 10.3. The molecule has 0 spiro atoms. The molecule has 2 aromatic heterocycles. The van der Waals surface area contributed by atoms with E-state index >= 15 is 0 Å². The molecule has 7 heteroatoms. The van der Waals surface area contributed by atoms with Crippen molar-refractivity contribution in [1.29, 1.82) is 0 Å². The monoisotopic (exact) mass is 562 g/mol. The minimum atomic E-state index is -0.291. The van der Waals surface area contributed by atoms with Crippen LogP contribution in [-0.2, 0) is 0 Å². The van der Waals surface area contributed by atoms with E-state index in [-0.39, 0.29) is 5.82 Å². The highest BCUT2D eigenvalue weighted by molar-refractivity contribution is 7.21. The standard InChI is InChI=1S/C34H27FN2O3S/c1-38-28-20-22(21-29(39-2)32(28)40-3)14-19-27-30(23-15-17-26(35)18-16-23)36-34-37(27)31(24-10-6-4-7-11-24)33(41-34)25-12-8-5-9-13-25/h4-21H,1-3H3/b19-14+. The van der Waals surface area contributed by atoms with Gasteiger partial charge in [0.1, 0.15) is 5.82 Å². The van der Waals surface area contributed by atoms with E-state index in [1.807, 2.05) is 60.7 Å². The summed E-state index contributed by atoms with van der Waals surface area (Å²) in [6.45, 7) is 0. The highest BCUT2D eigenvalue weighted by Gasteiger charge is 2.23. The Morgan fingerprint density at radius 1 is 0.707 bits per heavy atom. The molecule has 6 aromatic rings. The normalized spacial score (nSPS) is 11.3. The van der Waals surface area contributed by atoms with Gasteiger partial charge in [-0.15, -0.1) is 0 Å². The second kappa shape index (κ2) is 11.3. The second-order valence-electron chi connectivity index (χ2n) is 9.27. The van der Waals surface area contributed by atoms with Gasteiger partial charge in [-0.3, -0.25) is 4.40 Å². The number of imidazole rings is 1. The van der Waals surface area contributed by atoms with Crippen LogP contribution in [0.2, 0.25) is 0 Å². The predicted molar refractivity (Wildman–Crippen MR) is 164 cm³/mol. The number of aromatic nitrogens is 2. The third kappa shape index (κ3) is 4.96. The molecule has 0 aliphatic heterocycles. The smallest absolute Gasteiger partial charge is 0.203 e. The molecular formula is C34H27FN2O3S. The van der Waals surface area contributed by atoms with Gasteiger partial charge >= 0.3 is 0 Å². The summed E-state index contributed by atoms with van der Waals surface area (Å²) < 4.78 is 32.7. The van der Waals surface area contributed by atoms with E-state index in [0.29, 0.717) is 17.2 Å². The van der Waals surface area contributed by atoms with Gasteiger partial charge in [0.25, 0.3) is 0 Å². The van der Waals surface area contributed by atoms with Gasteiger partial charge in [0.2, 0.25) is 5.75 Å². The molecule has 0 aliphatic carbocycles. The summed E-state index contributed by atoms with van der Waals surface area (Å²) in [7, 11) is 4.78. The van der Waals surface area contributed by atoms with Crippen molar-refractivity contribution >= 4 is 28.4 Å². The lowest BCUT2D eigenvalue weighted by Crippen LogP contribution is -1.95. The molecule has 0 radical (unpaired) electrons. The molecule has 0 aliphatic rings. The Morgan fingerprint density at radius 3 is 1.90 bits per heavy atom. The van der Waals surface area contributed by atoms with Crippen molar-refractivity contribution in [1.82, 2.24) is 9.38 Å². The van der Waals surface area contributed by atoms with E-state index in [9.17, 15) is 4.39 Å². The van der Waals surface area contributed by atoms with Gasteiger partial charge in [0.05, 0.1) is 43.3 Å². The molecule has 0 N–H and O–H groups in total. The zero-order valence-corrected chi connectivity index (χ0v) is 23.6. The largest absolute Gasteiger partial charge is 0.493 e. The van der Waals surface area contributed by atoms with E-state index in [4.69, 9.17) is 19.2 Å².